The van der Waals surface area contributed by atoms with E-state index in [-0.39, 0.29) is 17.3 Å². The third-order valence-corrected chi connectivity index (χ3v) is 6.68. The summed E-state index contributed by atoms with van der Waals surface area (Å²) in [6.07, 6.45) is 5.57. The van der Waals surface area contributed by atoms with Crippen molar-refractivity contribution in [3.8, 4) is 0 Å². The van der Waals surface area contributed by atoms with Gasteiger partial charge in [-0.2, -0.15) is 0 Å². The molecule has 0 bridgehead atoms. The maximum atomic E-state index is 12.4. The fourth-order valence-corrected chi connectivity index (χ4v) is 5.27. The number of nitrogens with one attached hydrogen (secondary N) is 1. The third-order valence-electron chi connectivity index (χ3n) is 5.44. The minimum Gasteiger partial charge on any atom is -0.465 e. The Bertz CT molecular complexity index is 844. The highest BCUT2D eigenvalue weighted by Crippen LogP contribution is 2.41. The van der Waals surface area contributed by atoms with E-state index in [9.17, 15) is 9.59 Å². The molecular formula is C20H25N3O3S. The molecule has 2 aliphatic heterocycles. The first-order chi connectivity index (χ1) is 13.2. The van der Waals surface area contributed by atoms with Crippen LogP contribution in [0.2, 0.25) is 0 Å². The zero-order valence-corrected chi connectivity index (χ0v) is 16.4. The molecular weight excluding hydrogens is 362 g/mol. The number of fused-ring (bicyclic) bond motifs is 1. The van der Waals surface area contributed by atoms with Crippen molar-refractivity contribution in [1.82, 2.24) is 14.8 Å². The average Bonchev–Trinajstić information content (AvgIpc) is 3.41. The Hall–Kier alpha value is -1.99. The molecule has 1 aromatic heterocycles. The Morgan fingerprint density at radius 3 is 2.89 bits per heavy atom. The van der Waals surface area contributed by atoms with Crippen LogP contribution in [0, 0.1) is 0 Å². The van der Waals surface area contributed by atoms with Crippen LogP contribution < -0.4 is 0 Å². The summed E-state index contributed by atoms with van der Waals surface area (Å²) in [5, 5.41) is 1.09. The number of hydrogen-bond donors (Lipinski definition) is 1. The number of nitrogens with zero attached hydrogens (tertiary/aromatic N) is 2. The molecule has 2 aliphatic rings. The lowest BCUT2D eigenvalue weighted by atomic mass is 10.1. The molecule has 2 saturated heterocycles. The molecule has 4 rings (SSSR count). The quantitative estimate of drug-likeness (QED) is 0.772. The molecule has 144 valence electrons. The van der Waals surface area contributed by atoms with Gasteiger partial charge in [0.15, 0.2) is 0 Å². The maximum Gasteiger partial charge on any atom is 0.337 e. The van der Waals surface area contributed by atoms with Crippen LogP contribution in [-0.4, -0.2) is 65.7 Å². The smallest absolute Gasteiger partial charge is 0.337 e. The Morgan fingerprint density at radius 1 is 1.30 bits per heavy atom. The van der Waals surface area contributed by atoms with Crippen molar-refractivity contribution in [2.45, 2.75) is 24.6 Å². The fraction of sp³-hybridized carbons (Fsp3) is 0.500. The summed E-state index contributed by atoms with van der Waals surface area (Å²) in [6.45, 7) is 4.24. The average molecular weight is 388 g/mol. The van der Waals surface area contributed by atoms with Gasteiger partial charge in [-0.3, -0.25) is 4.79 Å². The first kappa shape index (κ1) is 18.4. The molecule has 6 nitrogen and oxygen atoms in total. The van der Waals surface area contributed by atoms with Gasteiger partial charge in [-0.1, -0.05) is 6.07 Å². The SMILES string of the molecule is COC(=O)c1ccc2c(C3SCC(=O)N3CCCN3CCCC3)c[nH]c2c1. The number of benzene rings is 1. The molecule has 27 heavy (non-hydrogen) atoms. The van der Waals surface area contributed by atoms with Crippen LogP contribution >= 0.6 is 11.8 Å². The van der Waals surface area contributed by atoms with Gasteiger partial charge in [0.25, 0.3) is 0 Å². The standard InChI is InChI=1S/C20H25N3O3S/c1-26-20(25)14-5-6-15-16(12-21-17(15)11-14)19-23(18(24)13-27-19)10-4-9-22-7-2-3-8-22/h5-6,11-12,19,21H,2-4,7-10,13H2,1H3. The second kappa shape index (κ2) is 7.94. The van der Waals surface area contributed by atoms with E-state index in [1.165, 1.54) is 33.0 Å². The van der Waals surface area contributed by atoms with E-state index in [4.69, 9.17) is 4.74 Å². The number of carbonyl (C=O) groups is 2. The molecule has 3 heterocycles. The largest absolute Gasteiger partial charge is 0.465 e. The third kappa shape index (κ3) is 3.71. The first-order valence-corrected chi connectivity index (χ1v) is 10.5. The van der Waals surface area contributed by atoms with Gasteiger partial charge < -0.3 is 19.5 Å². The number of carbonyl (C=O) groups excluding carboxylic acids is 2. The van der Waals surface area contributed by atoms with Crippen LogP contribution in [0.1, 0.15) is 40.6 Å². The van der Waals surface area contributed by atoms with Gasteiger partial charge >= 0.3 is 5.97 Å². The van der Waals surface area contributed by atoms with Gasteiger partial charge in [-0.15, -0.1) is 11.8 Å². The molecule has 1 atom stereocenters. The van der Waals surface area contributed by atoms with Crippen molar-refractivity contribution in [2.24, 2.45) is 0 Å². The molecule has 0 aliphatic carbocycles. The number of ether oxygens (including phenoxy) is 1. The maximum absolute atomic E-state index is 12.4. The van der Waals surface area contributed by atoms with Crippen LogP contribution in [0.3, 0.4) is 0 Å². The topological polar surface area (TPSA) is 65.6 Å². The van der Waals surface area contributed by atoms with Crippen LogP contribution in [0.15, 0.2) is 24.4 Å². The number of hydrogen-bond acceptors (Lipinski definition) is 5. The summed E-state index contributed by atoms with van der Waals surface area (Å²) >= 11 is 1.68. The predicted octanol–water partition coefficient (Wildman–Crippen LogP) is 3.01. The summed E-state index contributed by atoms with van der Waals surface area (Å²) in [6, 6.07) is 5.54. The van der Waals surface area contributed by atoms with Gasteiger partial charge in [0, 0.05) is 29.2 Å². The van der Waals surface area contributed by atoms with Crippen molar-refractivity contribution in [3.63, 3.8) is 0 Å². The Balaban J connectivity index is 1.50. The number of likely N-dealkylation sites (tertiary alicyclic amines) is 1. The van der Waals surface area contributed by atoms with E-state index in [0.29, 0.717) is 11.3 Å². The first-order valence-electron chi connectivity index (χ1n) is 9.50. The van der Waals surface area contributed by atoms with Crippen molar-refractivity contribution in [1.29, 1.82) is 0 Å². The van der Waals surface area contributed by atoms with Gasteiger partial charge in [-0.25, -0.2) is 4.79 Å². The Morgan fingerprint density at radius 2 is 2.11 bits per heavy atom. The van der Waals surface area contributed by atoms with Crippen LogP contribution in [0.25, 0.3) is 10.9 Å². The molecule has 0 spiro atoms. The van der Waals surface area contributed by atoms with Crippen LogP contribution in [-0.2, 0) is 9.53 Å². The number of thioether (sulfide) groups is 1. The number of H-pyrrole nitrogens is 1. The molecule has 2 fully saturated rings. The lowest BCUT2D eigenvalue weighted by Gasteiger charge is -2.25. The van der Waals surface area contributed by atoms with Crippen molar-refractivity contribution < 1.29 is 14.3 Å². The van der Waals surface area contributed by atoms with Crippen molar-refractivity contribution in [3.05, 3.63) is 35.5 Å². The molecule has 1 aromatic carbocycles. The highest BCUT2D eigenvalue weighted by molar-refractivity contribution is 8.00. The number of rotatable bonds is 6. The van der Waals surface area contributed by atoms with E-state index < -0.39 is 0 Å². The van der Waals surface area contributed by atoms with E-state index in [0.717, 1.165) is 36.0 Å². The number of aromatic nitrogens is 1. The summed E-state index contributed by atoms with van der Waals surface area (Å²) in [5.74, 6) is 0.398. The molecule has 0 saturated carbocycles. The van der Waals surface area contributed by atoms with Crippen molar-refractivity contribution in [2.75, 3.05) is 39.0 Å². The number of methoxy groups -OCH3 is 1. The lowest BCUT2D eigenvalue weighted by molar-refractivity contribution is -0.128. The lowest BCUT2D eigenvalue weighted by Crippen LogP contribution is -2.31. The molecule has 1 amide bonds. The molecule has 7 heteroatoms. The molecule has 1 unspecified atom stereocenters. The number of aromatic amines is 1. The van der Waals surface area contributed by atoms with Gasteiger partial charge in [0.2, 0.25) is 5.91 Å². The second-order valence-corrected chi connectivity index (χ2v) is 8.22. The van der Waals surface area contributed by atoms with Crippen LogP contribution in [0.5, 0.6) is 0 Å². The zero-order valence-electron chi connectivity index (χ0n) is 15.6. The zero-order chi connectivity index (χ0) is 18.8. The summed E-state index contributed by atoms with van der Waals surface area (Å²) < 4.78 is 4.80. The van der Waals surface area contributed by atoms with E-state index >= 15 is 0 Å². The minimum atomic E-state index is -0.345. The van der Waals surface area contributed by atoms with Crippen molar-refractivity contribution >= 4 is 34.5 Å². The molecule has 2 aromatic rings. The fourth-order valence-electron chi connectivity index (χ4n) is 4.02. The highest BCUT2D eigenvalue weighted by atomic mass is 32.2. The van der Waals surface area contributed by atoms with E-state index in [1.807, 2.05) is 23.2 Å². The van der Waals surface area contributed by atoms with Crippen LogP contribution in [0.4, 0.5) is 0 Å². The van der Waals surface area contributed by atoms with Gasteiger partial charge in [0.1, 0.15) is 5.37 Å². The monoisotopic (exact) mass is 387 g/mol. The Labute approximate surface area is 163 Å². The predicted molar refractivity (Wildman–Crippen MR) is 107 cm³/mol. The van der Waals surface area contributed by atoms with E-state index in [2.05, 4.69) is 9.88 Å². The number of esters is 1. The minimum absolute atomic E-state index is 0.0359. The summed E-state index contributed by atoms with van der Waals surface area (Å²) in [5.41, 5.74) is 2.53. The van der Waals surface area contributed by atoms with Gasteiger partial charge in [-0.05, 0) is 51.0 Å². The summed E-state index contributed by atoms with van der Waals surface area (Å²) in [7, 11) is 1.38. The molecule has 1 N–H and O–H groups in total. The van der Waals surface area contributed by atoms with E-state index in [1.54, 1.807) is 17.8 Å². The summed E-state index contributed by atoms with van der Waals surface area (Å²) in [4.78, 5) is 31.9. The highest BCUT2D eigenvalue weighted by Gasteiger charge is 2.34. The number of amides is 1. The molecule has 0 radical (unpaired) electrons. The second-order valence-electron chi connectivity index (χ2n) is 7.15. The Kier molecular flexibility index (Phi) is 5.41. The van der Waals surface area contributed by atoms with Gasteiger partial charge in [0.05, 0.1) is 18.4 Å². The normalized spacial score (nSPS) is 20.7.